The Labute approximate surface area is 173 Å². The van der Waals surface area contributed by atoms with Crippen LogP contribution in [0.3, 0.4) is 0 Å². The van der Waals surface area contributed by atoms with Gasteiger partial charge in [-0.15, -0.1) is 11.3 Å². The molecule has 0 amide bonds. The van der Waals surface area contributed by atoms with Gasteiger partial charge in [-0.3, -0.25) is 4.98 Å². The summed E-state index contributed by atoms with van der Waals surface area (Å²) in [6.45, 7) is 10.1. The summed E-state index contributed by atoms with van der Waals surface area (Å²) in [4.78, 5) is 18.7. The van der Waals surface area contributed by atoms with Gasteiger partial charge in [0.05, 0.1) is 11.1 Å². The van der Waals surface area contributed by atoms with Crippen molar-refractivity contribution < 1.29 is 4.52 Å². The summed E-state index contributed by atoms with van der Waals surface area (Å²) < 4.78 is 5.35. The maximum Gasteiger partial charge on any atom is 0.141 e. The normalized spacial score (nSPS) is 14.0. The van der Waals surface area contributed by atoms with Crippen molar-refractivity contribution in [2.24, 2.45) is 0 Å². The minimum absolute atomic E-state index is 0.492. The van der Waals surface area contributed by atoms with Crippen LogP contribution < -0.4 is 4.90 Å². The van der Waals surface area contributed by atoms with E-state index in [4.69, 9.17) is 9.51 Å². The number of aryl methyl sites for hydroxylation is 2. The Morgan fingerprint density at radius 3 is 2.76 bits per heavy atom. The molecule has 5 rings (SSSR count). The van der Waals surface area contributed by atoms with Gasteiger partial charge in [-0.1, -0.05) is 19.0 Å². The molecule has 0 fully saturated rings. The summed E-state index contributed by atoms with van der Waals surface area (Å²) in [5, 5.41) is 5.24. The first-order valence-electron chi connectivity index (χ1n) is 9.91. The van der Waals surface area contributed by atoms with Gasteiger partial charge in [-0.2, -0.15) is 0 Å². The first kappa shape index (κ1) is 18.2. The second-order valence-electron chi connectivity index (χ2n) is 7.92. The zero-order chi connectivity index (χ0) is 20.1. The summed E-state index contributed by atoms with van der Waals surface area (Å²) in [5.74, 6) is 2.34. The number of hydrogen-bond acceptors (Lipinski definition) is 7. The van der Waals surface area contributed by atoms with Crippen LogP contribution in [-0.4, -0.2) is 26.7 Å². The molecule has 0 unspecified atom stereocenters. The fourth-order valence-corrected chi connectivity index (χ4v) is 5.03. The fraction of sp³-hybridized carbons (Fsp3) is 0.364. The van der Waals surface area contributed by atoms with E-state index < -0.39 is 0 Å². The highest BCUT2D eigenvalue weighted by Crippen LogP contribution is 2.36. The fourth-order valence-electron chi connectivity index (χ4n) is 4.04. The topological polar surface area (TPSA) is 67.9 Å². The highest BCUT2D eigenvalue weighted by Gasteiger charge is 2.23. The molecule has 0 atom stereocenters. The van der Waals surface area contributed by atoms with E-state index in [9.17, 15) is 0 Å². The summed E-state index contributed by atoms with van der Waals surface area (Å²) in [7, 11) is 0. The second kappa shape index (κ2) is 6.91. The average molecular weight is 406 g/mol. The molecule has 29 heavy (non-hydrogen) atoms. The summed E-state index contributed by atoms with van der Waals surface area (Å²) in [6.07, 6.45) is 4.54. The number of anilines is 1. The van der Waals surface area contributed by atoms with Gasteiger partial charge in [0.2, 0.25) is 0 Å². The molecule has 1 aliphatic rings. The van der Waals surface area contributed by atoms with Crippen molar-refractivity contribution in [1.29, 1.82) is 0 Å². The lowest BCUT2D eigenvalue weighted by Crippen LogP contribution is -2.31. The lowest BCUT2D eigenvalue weighted by atomic mass is 9.99. The van der Waals surface area contributed by atoms with Crippen LogP contribution in [0.5, 0.6) is 0 Å². The predicted octanol–water partition coefficient (Wildman–Crippen LogP) is 5.04. The number of rotatable bonds is 3. The molecule has 148 valence electrons. The van der Waals surface area contributed by atoms with Gasteiger partial charge in [0, 0.05) is 47.4 Å². The molecule has 0 aromatic carbocycles. The molecule has 0 spiro atoms. The van der Waals surface area contributed by atoms with E-state index in [1.54, 1.807) is 17.7 Å². The Morgan fingerprint density at radius 2 is 2.00 bits per heavy atom. The SMILES string of the molecule is Cc1noc(C)c1-c1cnc2c(c1)CN(c1ncnc3sc(C(C)C)cc13)CC2. The van der Waals surface area contributed by atoms with Crippen LogP contribution in [0.2, 0.25) is 0 Å². The maximum absolute atomic E-state index is 5.35. The molecule has 7 heteroatoms. The Bertz CT molecular complexity index is 1190. The van der Waals surface area contributed by atoms with Crippen LogP contribution in [0.25, 0.3) is 21.3 Å². The van der Waals surface area contributed by atoms with Gasteiger partial charge >= 0.3 is 0 Å². The first-order valence-corrected chi connectivity index (χ1v) is 10.7. The number of aromatic nitrogens is 4. The van der Waals surface area contributed by atoms with Gasteiger partial charge in [0.15, 0.2) is 0 Å². The van der Waals surface area contributed by atoms with E-state index in [2.05, 4.69) is 46.0 Å². The number of nitrogens with zero attached hydrogens (tertiary/aromatic N) is 5. The van der Waals surface area contributed by atoms with Crippen LogP contribution in [-0.2, 0) is 13.0 Å². The minimum atomic E-state index is 0.492. The van der Waals surface area contributed by atoms with E-state index in [0.717, 1.165) is 63.8 Å². The van der Waals surface area contributed by atoms with Crippen LogP contribution in [0, 0.1) is 13.8 Å². The van der Waals surface area contributed by atoms with E-state index >= 15 is 0 Å². The summed E-state index contributed by atoms with van der Waals surface area (Å²) >= 11 is 1.77. The molecular formula is C22H23N5OS. The van der Waals surface area contributed by atoms with Crippen molar-refractivity contribution >= 4 is 27.4 Å². The smallest absolute Gasteiger partial charge is 0.141 e. The summed E-state index contributed by atoms with van der Waals surface area (Å²) in [5.41, 5.74) is 5.40. The monoisotopic (exact) mass is 405 g/mol. The standard InChI is InChI=1S/C22H23N5OS/c1-12(2)19-8-17-21(24-11-25-22(17)29-19)27-6-5-18-16(10-27)7-15(9-23-18)20-13(3)26-28-14(20)4/h7-9,11-12H,5-6,10H2,1-4H3. The van der Waals surface area contributed by atoms with Crippen molar-refractivity contribution in [3.8, 4) is 11.1 Å². The molecule has 6 nitrogen and oxygen atoms in total. The quantitative estimate of drug-likeness (QED) is 0.475. The lowest BCUT2D eigenvalue weighted by Gasteiger charge is -2.29. The van der Waals surface area contributed by atoms with Crippen LogP contribution in [0.4, 0.5) is 5.82 Å². The van der Waals surface area contributed by atoms with Crippen LogP contribution in [0.15, 0.2) is 29.2 Å². The van der Waals surface area contributed by atoms with Gasteiger partial charge in [0.1, 0.15) is 22.7 Å². The highest BCUT2D eigenvalue weighted by atomic mass is 32.1. The first-order chi connectivity index (χ1) is 14.0. The van der Waals surface area contributed by atoms with Crippen molar-refractivity contribution in [2.75, 3.05) is 11.4 Å². The molecule has 5 heterocycles. The van der Waals surface area contributed by atoms with E-state index in [1.807, 2.05) is 20.0 Å². The van der Waals surface area contributed by atoms with Gasteiger partial charge in [0.25, 0.3) is 0 Å². The Hall–Kier alpha value is -2.80. The Morgan fingerprint density at radius 1 is 1.14 bits per heavy atom. The van der Waals surface area contributed by atoms with Crippen LogP contribution >= 0.6 is 11.3 Å². The molecule has 1 aliphatic heterocycles. The Kier molecular flexibility index (Phi) is 4.35. The second-order valence-corrected chi connectivity index (χ2v) is 8.98. The molecule has 0 radical (unpaired) electrons. The van der Waals surface area contributed by atoms with E-state index in [0.29, 0.717) is 5.92 Å². The zero-order valence-corrected chi connectivity index (χ0v) is 17.9. The molecule has 4 aromatic rings. The average Bonchev–Trinajstić information content (AvgIpc) is 3.30. The van der Waals surface area contributed by atoms with Gasteiger partial charge in [-0.25, -0.2) is 9.97 Å². The third kappa shape index (κ3) is 3.09. The summed E-state index contributed by atoms with van der Waals surface area (Å²) in [6, 6.07) is 4.49. The highest BCUT2D eigenvalue weighted by molar-refractivity contribution is 7.18. The molecule has 0 saturated carbocycles. The van der Waals surface area contributed by atoms with Crippen molar-refractivity contribution in [1.82, 2.24) is 20.1 Å². The molecule has 0 aliphatic carbocycles. The van der Waals surface area contributed by atoms with Crippen LogP contribution in [0.1, 0.15) is 47.4 Å². The lowest BCUT2D eigenvalue weighted by molar-refractivity contribution is 0.393. The van der Waals surface area contributed by atoms with Crippen molar-refractivity contribution in [2.45, 2.75) is 46.6 Å². The van der Waals surface area contributed by atoms with E-state index in [1.165, 1.54) is 10.4 Å². The maximum atomic E-state index is 5.35. The van der Waals surface area contributed by atoms with Gasteiger partial charge in [-0.05, 0) is 37.5 Å². The van der Waals surface area contributed by atoms with Crippen molar-refractivity contribution in [3.05, 3.63) is 52.2 Å². The van der Waals surface area contributed by atoms with Crippen molar-refractivity contribution in [3.63, 3.8) is 0 Å². The van der Waals surface area contributed by atoms with Gasteiger partial charge < -0.3 is 9.42 Å². The molecule has 0 saturated heterocycles. The molecular weight excluding hydrogens is 382 g/mol. The zero-order valence-electron chi connectivity index (χ0n) is 17.1. The predicted molar refractivity (Wildman–Crippen MR) is 115 cm³/mol. The third-order valence-corrected chi connectivity index (χ3v) is 6.90. The number of pyridine rings is 1. The molecule has 0 N–H and O–H groups in total. The molecule has 0 bridgehead atoms. The Balaban J connectivity index is 1.53. The number of hydrogen-bond donors (Lipinski definition) is 0. The van der Waals surface area contributed by atoms with E-state index in [-0.39, 0.29) is 0 Å². The minimum Gasteiger partial charge on any atom is -0.361 e. The number of fused-ring (bicyclic) bond motifs is 2. The molecule has 4 aromatic heterocycles. The largest absolute Gasteiger partial charge is 0.361 e. The third-order valence-electron chi connectivity index (χ3n) is 5.56. The number of thiophene rings is 1.